The average molecular weight is 242 g/mol. The van der Waals surface area contributed by atoms with Crippen molar-refractivity contribution in [3.05, 3.63) is 0 Å². The summed E-state index contributed by atoms with van der Waals surface area (Å²) in [5.41, 5.74) is 0. The Morgan fingerprint density at radius 1 is 1.29 bits per heavy atom. The first-order chi connectivity index (χ1) is 8.30. The summed E-state index contributed by atoms with van der Waals surface area (Å²) in [4.78, 5) is 2.59. The molecular formula is C14H30N2O. The van der Waals surface area contributed by atoms with Crippen molar-refractivity contribution >= 4 is 0 Å². The molecule has 1 fully saturated rings. The smallest absolute Gasteiger partial charge is 0.0445 e. The summed E-state index contributed by atoms with van der Waals surface area (Å²) in [6.07, 6.45) is 7.15. The molecule has 2 unspecified atom stereocenters. The first-order valence-electron chi connectivity index (χ1n) is 7.39. The van der Waals surface area contributed by atoms with Crippen molar-refractivity contribution in [2.45, 2.75) is 64.5 Å². The molecular weight excluding hydrogens is 212 g/mol. The highest BCUT2D eigenvalue weighted by molar-refractivity contribution is 4.78. The molecule has 3 nitrogen and oxygen atoms in total. The Hall–Kier alpha value is -0.120. The number of nitrogens with zero attached hydrogens (tertiary/aromatic N) is 1. The molecule has 1 rings (SSSR count). The van der Waals surface area contributed by atoms with Gasteiger partial charge in [-0.2, -0.15) is 0 Å². The Labute approximate surface area is 107 Å². The van der Waals surface area contributed by atoms with Gasteiger partial charge in [-0.1, -0.05) is 13.8 Å². The SMILES string of the molecule is CCCN1CCCC(NC(CC)CCO)CC1. The van der Waals surface area contributed by atoms with E-state index in [1.54, 1.807) is 0 Å². The second kappa shape index (κ2) is 8.90. The highest BCUT2D eigenvalue weighted by Gasteiger charge is 2.18. The minimum Gasteiger partial charge on any atom is -0.396 e. The van der Waals surface area contributed by atoms with Gasteiger partial charge in [0.25, 0.3) is 0 Å². The predicted octanol–water partition coefficient (Wildman–Crippen LogP) is 2.00. The lowest BCUT2D eigenvalue weighted by molar-refractivity contribution is 0.249. The third-order valence-electron chi connectivity index (χ3n) is 3.80. The normalized spacial score (nSPS) is 24.5. The summed E-state index contributed by atoms with van der Waals surface area (Å²) in [5, 5.41) is 12.7. The molecule has 0 aromatic rings. The van der Waals surface area contributed by atoms with Crippen LogP contribution in [0, 0.1) is 0 Å². The van der Waals surface area contributed by atoms with Crippen molar-refractivity contribution in [1.82, 2.24) is 10.2 Å². The highest BCUT2D eigenvalue weighted by atomic mass is 16.3. The number of nitrogens with one attached hydrogen (secondary N) is 1. The fraction of sp³-hybridized carbons (Fsp3) is 1.00. The third-order valence-corrected chi connectivity index (χ3v) is 3.80. The third kappa shape index (κ3) is 5.84. The fourth-order valence-electron chi connectivity index (χ4n) is 2.76. The first kappa shape index (κ1) is 14.9. The van der Waals surface area contributed by atoms with E-state index in [-0.39, 0.29) is 0 Å². The average Bonchev–Trinajstić information content (AvgIpc) is 2.55. The van der Waals surface area contributed by atoms with Crippen molar-refractivity contribution in [2.75, 3.05) is 26.2 Å². The maximum absolute atomic E-state index is 9.02. The highest BCUT2D eigenvalue weighted by Crippen LogP contribution is 2.13. The van der Waals surface area contributed by atoms with Crippen LogP contribution < -0.4 is 5.32 Å². The van der Waals surface area contributed by atoms with Crippen LogP contribution in [0.15, 0.2) is 0 Å². The minimum absolute atomic E-state index is 0.306. The molecule has 0 bridgehead atoms. The molecule has 1 aliphatic heterocycles. The Morgan fingerprint density at radius 3 is 2.76 bits per heavy atom. The maximum atomic E-state index is 9.02. The minimum atomic E-state index is 0.306. The fourth-order valence-corrected chi connectivity index (χ4v) is 2.76. The van der Waals surface area contributed by atoms with Gasteiger partial charge in [0.1, 0.15) is 0 Å². The van der Waals surface area contributed by atoms with E-state index in [9.17, 15) is 0 Å². The van der Waals surface area contributed by atoms with Crippen LogP contribution in [-0.2, 0) is 0 Å². The van der Waals surface area contributed by atoms with E-state index in [1.807, 2.05) is 0 Å². The van der Waals surface area contributed by atoms with Crippen LogP contribution in [0.5, 0.6) is 0 Å². The van der Waals surface area contributed by atoms with Crippen LogP contribution in [0.3, 0.4) is 0 Å². The van der Waals surface area contributed by atoms with E-state index in [2.05, 4.69) is 24.1 Å². The largest absolute Gasteiger partial charge is 0.396 e. The van der Waals surface area contributed by atoms with Gasteiger partial charge in [0.05, 0.1) is 0 Å². The van der Waals surface area contributed by atoms with Crippen LogP contribution in [0.25, 0.3) is 0 Å². The summed E-state index contributed by atoms with van der Waals surface area (Å²) < 4.78 is 0. The molecule has 0 radical (unpaired) electrons. The summed E-state index contributed by atoms with van der Waals surface area (Å²) in [7, 11) is 0. The number of rotatable bonds is 7. The molecule has 0 amide bonds. The first-order valence-corrected chi connectivity index (χ1v) is 7.39. The van der Waals surface area contributed by atoms with E-state index in [4.69, 9.17) is 5.11 Å². The van der Waals surface area contributed by atoms with Gasteiger partial charge in [0.2, 0.25) is 0 Å². The van der Waals surface area contributed by atoms with Crippen molar-refractivity contribution in [1.29, 1.82) is 0 Å². The molecule has 2 atom stereocenters. The van der Waals surface area contributed by atoms with E-state index in [1.165, 1.54) is 45.3 Å². The van der Waals surface area contributed by atoms with Crippen LogP contribution in [0.1, 0.15) is 52.4 Å². The van der Waals surface area contributed by atoms with Crippen molar-refractivity contribution in [3.63, 3.8) is 0 Å². The van der Waals surface area contributed by atoms with Gasteiger partial charge < -0.3 is 15.3 Å². The Balaban J connectivity index is 2.29. The molecule has 0 aromatic carbocycles. The van der Waals surface area contributed by atoms with Gasteiger partial charge in [-0.05, 0) is 58.2 Å². The summed E-state index contributed by atoms with van der Waals surface area (Å²) in [5.74, 6) is 0. The van der Waals surface area contributed by atoms with Gasteiger partial charge in [-0.15, -0.1) is 0 Å². The molecule has 1 heterocycles. The zero-order chi connectivity index (χ0) is 12.5. The molecule has 102 valence electrons. The van der Waals surface area contributed by atoms with Crippen molar-refractivity contribution in [2.24, 2.45) is 0 Å². The van der Waals surface area contributed by atoms with Gasteiger partial charge in [0.15, 0.2) is 0 Å². The molecule has 0 saturated carbocycles. The second-order valence-electron chi connectivity index (χ2n) is 5.25. The number of aliphatic hydroxyl groups excluding tert-OH is 1. The van der Waals surface area contributed by atoms with Gasteiger partial charge in [0, 0.05) is 18.7 Å². The maximum Gasteiger partial charge on any atom is 0.0445 e. The van der Waals surface area contributed by atoms with Crippen LogP contribution in [0.2, 0.25) is 0 Å². The number of likely N-dealkylation sites (tertiary alicyclic amines) is 1. The second-order valence-corrected chi connectivity index (χ2v) is 5.25. The Bertz CT molecular complexity index is 187. The molecule has 3 heteroatoms. The zero-order valence-corrected chi connectivity index (χ0v) is 11.6. The predicted molar refractivity (Wildman–Crippen MR) is 73.3 cm³/mol. The number of hydrogen-bond acceptors (Lipinski definition) is 3. The zero-order valence-electron chi connectivity index (χ0n) is 11.6. The van der Waals surface area contributed by atoms with E-state index >= 15 is 0 Å². The topological polar surface area (TPSA) is 35.5 Å². The molecule has 1 saturated heterocycles. The lowest BCUT2D eigenvalue weighted by Gasteiger charge is -2.24. The lowest BCUT2D eigenvalue weighted by Crippen LogP contribution is -2.39. The summed E-state index contributed by atoms with van der Waals surface area (Å²) in [6, 6.07) is 1.16. The standard InChI is InChI=1S/C14H30N2O/c1-3-9-16-10-5-6-14(7-11-16)15-13(4-2)8-12-17/h13-15,17H,3-12H2,1-2H3. The molecule has 17 heavy (non-hydrogen) atoms. The lowest BCUT2D eigenvalue weighted by atomic mass is 10.1. The van der Waals surface area contributed by atoms with Crippen LogP contribution >= 0.6 is 0 Å². The molecule has 2 N–H and O–H groups in total. The summed E-state index contributed by atoms with van der Waals surface area (Å²) in [6.45, 7) is 8.52. The van der Waals surface area contributed by atoms with Crippen molar-refractivity contribution in [3.8, 4) is 0 Å². The van der Waals surface area contributed by atoms with E-state index in [0.29, 0.717) is 18.7 Å². The molecule has 0 aromatic heterocycles. The van der Waals surface area contributed by atoms with Gasteiger partial charge >= 0.3 is 0 Å². The molecule has 0 spiro atoms. The van der Waals surface area contributed by atoms with Crippen molar-refractivity contribution < 1.29 is 5.11 Å². The monoisotopic (exact) mass is 242 g/mol. The van der Waals surface area contributed by atoms with Crippen LogP contribution in [-0.4, -0.2) is 48.3 Å². The molecule has 1 aliphatic rings. The quantitative estimate of drug-likeness (QED) is 0.717. The van der Waals surface area contributed by atoms with Gasteiger partial charge in [-0.25, -0.2) is 0 Å². The van der Waals surface area contributed by atoms with E-state index < -0.39 is 0 Å². The Kier molecular flexibility index (Phi) is 7.82. The summed E-state index contributed by atoms with van der Waals surface area (Å²) >= 11 is 0. The molecule has 0 aliphatic carbocycles. The number of hydrogen-bond donors (Lipinski definition) is 2. The van der Waals surface area contributed by atoms with Gasteiger partial charge in [-0.3, -0.25) is 0 Å². The Morgan fingerprint density at radius 2 is 2.12 bits per heavy atom. The number of aliphatic hydroxyl groups is 1. The van der Waals surface area contributed by atoms with E-state index in [0.717, 1.165) is 12.8 Å². The van der Waals surface area contributed by atoms with Crippen LogP contribution in [0.4, 0.5) is 0 Å².